The van der Waals surface area contributed by atoms with Crippen molar-refractivity contribution >= 4 is 21.4 Å². The van der Waals surface area contributed by atoms with Crippen LogP contribution >= 0.6 is 11.3 Å². The number of nitrogens with one attached hydrogen (secondary N) is 1. The predicted octanol–water partition coefficient (Wildman–Crippen LogP) is 2.85. The summed E-state index contributed by atoms with van der Waals surface area (Å²) < 4.78 is 19.7. The Balaban J connectivity index is 2.01. The van der Waals surface area contributed by atoms with E-state index in [-0.39, 0.29) is 11.9 Å². The lowest BCUT2D eigenvalue weighted by Crippen LogP contribution is -2.29. The average molecular weight is 264 g/mol. The van der Waals surface area contributed by atoms with Crippen LogP contribution in [0.1, 0.15) is 17.3 Å². The SMILES string of the molecule is NNC(C1=CCCO1)c1cc2cc(F)ccc2s1. The number of thiophene rings is 1. The molecule has 2 aromatic rings. The van der Waals surface area contributed by atoms with Gasteiger partial charge in [0.05, 0.1) is 6.61 Å². The van der Waals surface area contributed by atoms with Crippen molar-refractivity contribution < 1.29 is 9.13 Å². The number of ether oxygens (including phenoxy) is 1. The number of fused-ring (bicyclic) bond motifs is 1. The van der Waals surface area contributed by atoms with Gasteiger partial charge in [-0.05, 0) is 35.7 Å². The minimum absolute atomic E-state index is 0.145. The third-order valence-electron chi connectivity index (χ3n) is 2.97. The maximum absolute atomic E-state index is 13.2. The van der Waals surface area contributed by atoms with E-state index in [0.717, 1.165) is 27.1 Å². The highest BCUT2D eigenvalue weighted by Gasteiger charge is 2.21. The first-order valence-electron chi connectivity index (χ1n) is 5.76. The molecule has 0 fully saturated rings. The number of nitrogens with two attached hydrogens (primary N) is 1. The van der Waals surface area contributed by atoms with Crippen LogP contribution in [0.4, 0.5) is 4.39 Å². The summed E-state index contributed by atoms with van der Waals surface area (Å²) in [5.74, 6) is 6.23. The second kappa shape index (κ2) is 4.68. The van der Waals surface area contributed by atoms with Crippen LogP contribution in [0.2, 0.25) is 0 Å². The average Bonchev–Trinajstić information content (AvgIpc) is 2.98. The lowest BCUT2D eigenvalue weighted by Gasteiger charge is -2.15. The minimum atomic E-state index is -0.222. The van der Waals surface area contributed by atoms with Gasteiger partial charge in [-0.15, -0.1) is 11.3 Å². The Hall–Kier alpha value is -1.43. The highest BCUT2D eigenvalue weighted by molar-refractivity contribution is 7.19. The number of rotatable bonds is 3. The summed E-state index contributed by atoms with van der Waals surface area (Å²) in [5, 5.41) is 0.897. The molecule has 1 aliphatic heterocycles. The highest BCUT2D eigenvalue weighted by atomic mass is 32.1. The van der Waals surface area contributed by atoms with Gasteiger partial charge in [-0.25, -0.2) is 9.82 Å². The van der Waals surface area contributed by atoms with Gasteiger partial charge in [0, 0.05) is 16.0 Å². The normalized spacial score (nSPS) is 16.7. The van der Waals surface area contributed by atoms with E-state index >= 15 is 0 Å². The topological polar surface area (TPSA) is 47.3 Å². The van der Waals surface area contributed by atoms with Crippen LogP contribution in [-0.2, 0) is 4.74 Å². The number of hydrogen-bond donors (Lipinski definition) is 2. The van der Waals surface area contributed by atoms with E-state index in [0.29, 0.717) is 6.61 Å². The molecule has 2 heterocycles. The third-order valence-corrected chi connectivity index (χ3v) is 4.15. The van der Waals surface area contributed by atoms with Crippen molar-refractivity contribution in [2.24, 2.45) is 5.84 Å². The summed E-state index contributed by atoms with van der Waals surface area (Å²) in [5.41, 5.74) is 2.76. The fraction of sp³-hybridized carbons (Fsp3) is 0.231. The molecule has 5 heteroatoms. The van der Waals surface area contributed by atoms with E-state index in [4.69, 9.17) is 10.6 Å². The van der Waals surface area contributed by atoms with Gasteiger partial charge in [-0.3, -0.25) is 5.84 Å². The van der Waals surface area contributed by atoms with Crippen molar-refractivity contribution in [2.45, 2.75) is 12.5 Å². The Kier molecular flexibility index (Phi) is 3.03. The zero-order valence-corrected chi connectivity index (χ0v) is 10.5. The maximum Gasteiger partial charge on any atom is 0.123 e. The molecule has 18 heavy (non-hydrogen) atoms. The van der Waals surface area contributed by atoms with Crippen molar-refractivity contribution in [3.63, 3.8) is 0 Å². The van der Waals surface area contributed by atoms with Crippen LogP contribution in [0.3, 0.4) is 0 Å². The molecule has 94 valence electrons. The monoisotopic (exact) mass is 264 g/mol. The molecule has 3 nitrogen and oxygen atoms in total. The maximum atomic E-state index is 13.2. The van der Waals surface area contributed by atoms with Gasteiger partial charge in [0.1, 0.15) is 17.6 Å². The zero-order chi connectivity index (χ0) is 12.5. The Morgan fingerprint density at radius 3 is 3.00 bits per heavy atom. The van der Waals surface area contributed by atoms with Gasteiger partial charge in [-0.2, -0.15) is 0 Å². The first-order valence-corrected chi connectivity index (χ1v) is 6.57. The molecule has 0 aliphatic carbocycles. The van der Waals surface area contributed by atoms with Gasteiger partial charge in [0.25, 0.3) is 0 Å². The van der Waals surface area contributed by atoms with Crippen molar-refractivity contribution in [3.8, 4) is 0 Å². The summed E-state index contributed by atoms with van der Waals surface area (Å²) in [4.78, 5) is 1.03. The molecular formula is C13H13FN2OS. The van der Waals surface area contributed by atoms with Crippen molar-refractivity contribution in [3.05, 3.63) is 46.8 Å². The molecule has 1 aromatic carbocycles. The third kappa shape index (κ3) is 2.01. The van der Waals surface area contributed by atoms with E-state index in [9.17, 15) is 4.39 Å². The summed E-state index contributed by atoms with van der Waals surface area (Å²) in [6.45, 7) is 0.701. The first kappa shape index (κ1) is 11.6. The Bertz CT molecular complexity index is 608. The molecule has 1 atom stereocenters. The molecule has 0 bridgehead atoms. The molecule has 1 unspecified atom stereocenters. The molecule has 3 N–H and O–H groups in total. The van der Waals surface area contributed by atoms with Crippen LogP contribution < -0.4 is 11.3 Å². The molecule has 0 radical (unpaired) electrons. The molecule has 1 aliphatic rings. The summed E-state index contributed by atoms with van der Waals surface area (Å²) >= 11 is 1.60. The fourth-order valence-electron chi connectivity index (χ4n) is 2.12. The van der Waals surface area contributed by atoms with Crippen molar-refractivity contribution in [2.75, 3.05) is 6.61 Å². The van der Waals surface area contributed by atoms with Crippen LogP contribution in [0.5, 0.6) is 0 Å². The fourth-order valence-corrected chi connectivity index (χ4v) is 3.23. The second-order valence-electron chi connectivity index (χ2n) is 4.17. The number of hydrazine groups is 1. The summed E-state index contributed by atoms with van der Waals surface area (Å²) in [6.07, 6.45) is 2.95. The van der Waals surface area contributed by atoms with E-state index < -0.39 is 0 Å². The second-order valence-corrected chi connectivity index (χ2v) is 5.29. The van der Waals surface area contributed by atoms with Gasteiger partial charge in [0.2, 0.25) is 0 Å². The molecule has 0 amide bonds. The molecule has 0 saturated heterocycles. The van der Waals surface area contributed by atoms with Crippen LogP contribution in [0.25, 0.3) is 10.1 Å². The van der Waals surface area contributed by atoms with Gasteiger partial charge < -0.3 is 4.74 Å². The molecule has 0 spiro atoms. The van der Waals surface area contributed by atoms with Crippen LogP contribution in [-0.4, -0.2) is 6.61 Å². The van der Waals surface area contributed by atoms with E-state index in [1.807, 2.05) is 12.1 Å². The standard InChI is InChI=1S/C13H13FN2OS/c14-9-3-4-11-8(6-9)7-12(18-11)13(16-15)10-2-1-5-17-10/h2-4,6-7,13,16H,1,5,15H2. The Morgan fingerprint density at radius 2 is 2.28 bits per heavy atom. The minimum Gasteiger partial charge on any atom is -0.496 e. The van der Waals surface area contributed by atoms with Crippen molar-refractivity contribution in [1.29, 1.82) is 0 Å². The Morgan fingerprint density at radius 1 is 1.39 bits per heavy atom. The predicted molar refractivity (Wildman–Crippen MR) is 70.5 cm³/mol. The number of benzene rings is 1. The Labute approximate surface area is 108 Å². The number of hydrogen-bond acceptors (Lipinski definition) is 4. The van der Waals surface area contributed by atoms with E-state index in [1.54, 1.807) is 17.4 Å². The summed E-state index contributed by atoms with van der Waals surface area (Å²) in [6, 6.07) is 6.60. The van der Waals surface area contributed by atoms with Gasteiger partial charge in [0.15, 0.2) is 0 Å². The largest absolute Gasteiger partial charge is 0.496 e. The zero-order valence-electron chi connectivity index (χ0n) is 9.65. The summed E-state index contributed by atoms with van der Waals surface area (Å²) in [7, 11) is 0. The van der Waals surface area contributed by atoms with E-state index in [2.05, 4.69) is 5.43 Å². The first-order chi connectivity index (χ1) is 8.78. The quantitative estimate of drug-likeness (QED) is 0.662. The van der Waals surface area contributed by atoms with Gasteiger partial charge >= 0.3 is 0 Å². The van der Waals surface area contributed by atoms with Crippen LogP contribution in [0, 0.1) is 5.82 Å². The molecule has 1 aromatic heterocycles. The van der Waals surface area contributed by atoms with Gasteiger partial charge in [-0.1, -0.05) is 0 Å². The van der Waals surface area contributed by atoms with E-state index in [1.165, 1.54) is 12.1 Å². The smallest absolute Gasteiger partial charge is 0.123 e. The lowest BCUT2D eigenvalue weighted by atomic mass is 10.1. The van der Waals surface area contributed by atoms with Crippen LogP contribution in [0.15, 0.2) is 36.1 Å². The molecular weight excluding hydrogens is 251 g/mol. The number of halogens is 1. The highest BCUT2D eigenvalue weighted by Crippen LogP contribution is 2.34. The molecule has 0 saturated carbocycles. The molecule has 3 rings (SSSR count). The lowest BCUT2D eigenvalue weighted by molar-refractivity contribution is 0.216. The van der Waals surface area contributed by atoms with Crippen molar-refractivity contribution in [1.82, 2.24) is 5.43 Å².